The molecule has 0 aromatic heterocycles. The van der Waals surface area contributed by atoms with Crippen LogP contribution in [0.1, 0.15) is 57.9 Å². The molecule has 0 spiro atoms. The van der Waals surface area contributed by atoms with E-state index in [1.807, 2.05) is 7.05 Å². The lowest BCUT2D eigenvalue weighted by Gasteiger charge is -2.30. The molecule has 4 nitrogen and oxygen atoms in total. The maximum atomic E-state index is 4.36. The second-order valence-corrected chi connectivity index (χ2v) is 7.78. The summed E-state index contributed by atoms with van der Waals surface area (Å²) in [6.45, 7) is 8.38. The molecule has 2 rings (SSSR count). The van der Waals surface area contributed by atoms with E-state index in [9.17, 15) is 0 Å². The fourth-order valence-electron chi connectivity index (χ4n) is 3.30. The third-order valence-corrected chi connectivity index (χ3v) is 4.64. The number of benzene rings is 1. The van der Waals surface area contributed by atoms with Gasteiger partial charge >= 0.3 is 0 Å². The Kier molecular flexibility index (Phi) is 7.10. The van der Waals surface area contributed by atoms with Gasteiger partial charge in [0.05, 0.1) is 0 Å². The van der Waals surface area contributed by atoms with E-state index in [4.69, 9.17) is 0 Å². The van der Waals surface area contributed by atoms with Crippen LogP contribution in [0.3, 0.4) is 0 Å². The molecular formula is C20H34N4. The Morgan fingerprint density at radius 3 is 2.29 bits per heavy atom. The van der Waals surface area contributed by atoms with E-state index in [0.717, 1.165) is 25.0 Å². The minimum atomic E-state index is 0.161. The fraction of sp³-hybridized carbons (Fsp3) is 0.650. The smallest absolute Gasteiger partial charge is 0.191 e. The van der Waals surface area contributed by atoms with E-state index in [0.29, 0.717) is 6.04 Å². The van der Waals surface area contributed by atoms with Crippen molar-refractivity contribution in [2.24, 2.45) is 4.99 Å². The molecule has 24 heavy (non-hydrogen) atoms. The number of hydrogen-bond acceptors (Lipinski definition) is 2. The number of rotatable bonds is 5. The molecule has 0 bridgehead atoms. The Morgan fingerprint density at radius 2 is 1.71 bits per heavy atom. The van der Waals surface area contributed by atoms with Gasteiger partial charge in [0.1, 0.15) is 0 Å². The van der Waals surface area contributed by atoms with Crippen molar-refractivity contribution in [1.82, 2.24) is 16.0 Å². The van der Waals surface area contributed by atoms with Crippen molar-refractivity contribution in [2.45, 2.75) is 64.0 Å². The normalized spacial score (nSPS) is 22.2. The summed E-state index contributed by atoms with van der Waals surface area (Å²) in [7, 11) is 1.85. The van der Waals surface area contributed by atoms with Crippen molar-refractivity contribution in [1.29, 1.82) is 0 Å². The second-order valence-electron chi connectivity index (χ2n) is 7.78. The Balaban J connectivity index is 1.70. The van der Waals surface area contributed by atoms with Crippen LogP contribution in [-0.4, -0.2) is 37.7 Å². The highest BCUT2D eigenvalue weighted by molar-refractivity contribution is 5.79. The van der Waals surface area contributed by atoms with E-state index >= 15 is 0 Å². The molecule has 0 heterocycles. The molecule has 134 valence electrons. The quantitative estimate of drug-likeness (QED) is 0.441. The second kappa shape index (κ2) is 9.07. The maximum Gasteiger partial charge on any atom is 0.191 e. The third kappa shape index (κ3) is 6.52. The summed E-state index contributed by atoms with van der Waals surface area (Å²) in [4.78, 5) is 4.36. The molecule has 0 unspecified atom stereocenters. The van der Waals surface area contributed by atoms with Crippen LogP contribution in [0, 0.1) is 0 Å². The molecule has 4 heteroatoms. The zero-order chi connectivity index (χ0) is 17.4. The maximum absolute atomic E-state index is 4.36. The minimum absolute atomic E-state index is 0.161. The summed E-state index contributed by atoms with van der Waals surface area (Å²) < 4.78 is 0. The lowest BCUT2D eigenvalue weighted by atomic mass is 9.82. The molecule has 1 fully saturated rings. The lowest BCUT2D eigenvalue weighted by molar-refractivity contribution is 0.370. The summed E-state index contributed by atoms with van der Waals surface area (Å²) in [5.74, 6) is 1.64. The highest BCUT2D eigenvalue weighted by Crippen LogP contribution is 2.32. The Bertz CT molecular complexity index is 496. The largest absolute Gasteiger partial charge is 0.355 e. The topological polar surface area (TPSA) is 48.5 Å². The van der Waals surface area contributed by atoms with Crippen molar-refractivity contribution >= 4 is 5.96 Å². The Labute approximate surface area is 147 Å². The van der Waals surface area contributed by atoms with Crippen LogP contribution in [0.2, 0.25) is 0 Å². The number of hydrogen-bond donors (Lipinski definition) is 3. The van der Waals surface area contributed by atoms with Crippen molar-refractivity contribution in [3.63, 3.8) is 0 Å². The van der Waals surface area contributed by atoms with Gasteiger partial charge in [0.15, 0.2) is 5.96 Å². The van der Waals surface area contributed by atoms with Gasteiger partial charge < -0.3 is 16.0 Å². The first-order valence-corrected chi connectivity index (χ1v) is 9.25. The van der Waals surface area contributed by atoms with E-state index in [1.54, 1.807) is 0 Å². The van der Waals surface area contributed by atoms with Crippen molar-refractivity contribution in [3.05, 3.63) is 35.9 Å². The van der Waals surface area contributed by atoms with Crippen molar-refractivity contribution in [2.75, 3.05) is 20.1 Å². The molecule has 1 aromatic carbocycles. The van der Waals surface area contributed by atoms with Crippen LogP contribution in [0.15, 0.2) is 35.3 Å². The molecule has 0 atom stereocenters. The third-order valence-electron chi connectivity index (χ3n) is 4.64. The molecule has 0 amide bonds. The standard InChI is InChI=1S/C20H34N4/c1-20(2,3)23-15-14-22-19(21-4)24-18-12-10-17(11-13-18)16-8-6-5-7-9-16/h5-9,17-18,23H,10-15H2,1-4H3,(H2,21,22,24). The van der Waals surface area contributed by atoms with Gasteiger partial charge in [0, 0.05) is 31.7 Å². The molecule has 1 aliphatic rings. The fourth-order valence-corrected chi connectivity index (χ4v) is 3.30. The van der Waals surface area contributed by atoms with E-state index in [2.05, 4.69) is 72.0 Å². The molecule has 1 saturated carbocycles. The zero-order valence-corrected chi connectivity index (χ0v) is 15.7. The van der Waals surface area contributed by atoms with Gasteiger partial charge in [-0.25, -0.2) is 0 Å². The first kappa shape index (κ1) is 18.8. The highest BCUT2D eigenvalue weighted by atomic mass is 15.2. The van der Waals surface area contributed by atoms with Crippen LogP contribution < -0.4 is 16.0 Å². The molecule has 0 saturated heterocycles. The van der Waals surface area contributed by atoms with Gasteiger partial charge in [-0.15, -0.1) is 0 Å². The summed E-state index contributed by atoms with van der Waals surface area (Å²) in [5, 5.41) is 10.5. The van der Waals surface area contributed by atoms with Crippen LogP contribution in [0.4, 0.5) is 0 Å². The van der Waals surface area contributed by atoms with Crippen LogP contribution in [0.5, 0.6) is 0 Å². The number of nitrogens with one attached hydrogen (secondary N) is 3. The van der Waals surface area contributed by atoms with E-state index in [1.165, 1.54) is 31.2 Å². The van der Waals surface area contributed by atoms with E-state index < -0.39 is 0 Å². The summed E-state index contributed by atoms with van der Waals surface area (Å²) >= 11 is 0. The predicted molar refractivity (Wildman–Crippen MR) is 104 cm³/mol. The summed E-state index contributed by atoms with van der Waals surface area (Å²) in [5.41, 5.74) is 1.65. The van der Waals surface area contributed by atoms with Gasteiger partial charge in [-0.3, -0.25) is 4.99 Å². The molecule has 1 aliphatic carbocycles. The minimum Gasteiger partial charge on any atom is -0.355 e. The lowest BCUT2D eigenvalue weighted by Crippen LogP contribution is -2.47. The number of guanidine groups is 1. The molecule has 3 N–H and O–H groups in total. The van der Waals surface area contributed by atoms with Crippen LogP contribution in [-0.2, 0) is 0 Å². The van der Waals surface area contributed by atoms with Gasteiger partial charge in [-0.2, -0.15) is 0 Å². The molecule has 0 radical (unpaired) electrons. The Morgan fingerprint density at radius 1 is 1.04 bits per heavy atom. The predicted octanol–water partition coefficient (Wildman–Crippen LogP) is 3.27. The van der Waals surface area contributed by atoms with Gasteiger partial charge in [-0.05, 0) is 57.9 Å². The first-order valence-electron chi connectivity index (χ1n) is 9.25. The van der Waals surface area contributed by atoms with Crippen molar-refractivity contribution in [3.8, 4) is 0 Å². The van der Waals surface area contributed by atoms with Crippen LogP contribution >= 0.6 is 0 Å². The van der Waals surface area contributed by atoms with E-state index in [-0.39, 0.29) is 5.54 Å². The number of aliphatic imine (C=N–C) groups is 1. The number of nitrogens with zero attached hydrogens (tertiary/aromatic N) is 1. The summed E-state index contributed by atoms with van der Waals surface area (Å²) in [6, 6.07) is 11.5. The van der Waals surface area contributed by atoms with Gasteiger partial charge in [0.2, 0.25) is 0 Å². The molecular weight excluding hydrogens is 296 g/mol. The average Bonchev–Trinajstić information content (AvgIpc) is 2.58. The first-order chi connectivity index (χ1) is 11.5. The summed E-state index contributed by atoms with van der Waals surface area (Å²) in [6.07, 6.45) is 4.93. The Hall–Kier alpha value is -1.55. The average molecular weight is 331 g/mol. The van der Waals surface area contributed by atoms with Crippen molar-refractivity contribution < 1.29 is 0 Å². The molecule has 0 aliphatic heterocycles. The highest BCUT2D eigenvalue weighted by Gasteiger charge is 2.22. The van der Waals surface area contributed by atoms with Crippen LogP contribution in [0.25, 0.3) is 0 Å². The van der Waals surface area contributed by atoms with Gasteiger partial charge in [-0.1, -0.05) is 30.3 Å². The zero-order valence-electron chi connectivity index (χ0n) is 15.7. The SMILES string of the molecule is CN=C(NCCNC(C)(C)C)NC1CCC(c2ccccc2)CC1. The molecule has 1 aromatic rings. The van der Waals surface area contributed by atoms with Gasteiger partial charge in [0.25, 0.3) is 0 Å². The monoisotopic (exact) mass is 330 g/mol.